The highest BCUT2D eigenvalue weighted by atomic mass is 28.3. The summed E-state index contributed by atoms with van der Waals surface area (Å²) in [4.78, 5) is 0. The van der Waals surface area contributed by atoms with E-state index in [0.29, 0.717) is 5.92 Å². The van der Waals surface area contributed by atoms with Crippen molar-refractivity contribution < 1.29 is 13.6 Å². The Morgan fingerprint density at radius 2 is 1.32 bits per heavy atom. The second kappa shape index (κ2) is 18.5. The van der Waals surface area contributed by atoms with Gasteiger partial charge >= 0.3 is 0 Å². The molecule has 348 valence electrons. The summed E-state index contributed by atoms with van der Waals surface area (Å²) in [5.74, 6) is 1.83. The SMILES string of the molecule is C=C1CC2C(CCc3c(cc(-c4ccc(Cc5ccccc5)cc4)c4c3oc3ccccc34)-c3cc(CC4CCCCC4)cc[n+]31)c1ccccc1-c1cc(CC3CCCCC3)c([Si](C)(C)C)c[n+]12. The Morgan fingerprint density at radius 1 is 0.623 bits per heavy atom. The van der Waals surface area contributed by atoms with Crippen LogP contribution in [0.1, 0.15) is 122 Å². The fourth-order valence-electron chi connectivity index (χ4n) is 13.5. The molecule has 2 atom stereocenters. The number of allylic oxidation sites excluding steroid dienone is 1. The van der Waals surface area contributed by atoms with Crippen molar-refractivity contribution in [3.05, 3.63) is 180 Å². The molecule has 3 aromatic heterocycles. The van der Waals surface area contributed by atoms with Gasteiger partial charge in [-0.25, -0.2) is 0 Å². The molecule has 0 N–H and O–H groups in total. The first-order valence-corrected chi connectivity index (χ1v) is 30.2. The molecule has 5 heterocycles. The summed E-state index contributed by atoms with van der Waals surface area (Å²) < 4.78 is 12.5. The molecule has 2 unspecified atom stereocenters. The van der Waals surface area contributed by atoms with Gasteiger partial charge in [-0.2, -0.15) is 9.13 Å². The lowest BCUT2D eigenvalue weighted by atomic mass is 9.76. The fraction of sp³-hybridized carbons (Fsp3) is 0.354. The predicted octanol–water partition coefficient (Wildman–Crippen LogP) is 15.7. The number of aryl methyl sites for hydroxylation is 1. The van der Waals surface area contributed by atoms with Crippen molar-refractivity contribution in [1.29, 1.82) is 0 Å². The van der Waals surface area contributed by atoms with Crippen LogP contribution in [-0.2, 0) is 25.7 Å². The van der Waals surface area contributed by atoms with E-state index in [1.54, 1.807) is 10.8 Å². The first-order valence-electron chi connectivity index (χ1n) is 26.7. The molecule has 2 fully saturated rings. The number of fused-ring (bicyclic) bond motifs is 13. The minimum Gasteiger partial charge on any atom is -0.456 e. The second-order valence-corrected chi connectivity index (χ2v) is 27.7. The van der Waals surface area contributed by atoms with Gasteiger partial charge in [0.05, 0.1) is 20.1 Å². The van der Waals surface area contributed by atoms with Gasteiger partial charge in [0.25, 0.3) is 0 Å². The van der Waals surface area contributed by atoms with E-state index in [0.717, 1.165) is 60.8 Å². The molecule has 8 aromatic rings. The second-order valence-electron chi connectivity index (χ2n) is 22.6. The van der Waals surface area contributed by atoms with Crippen molar-refractivity contribution in [2.45, 2.75) is 134 Å². The summed E-state index contributed by atoms with van der Waals surface area (Å²) >= 11 is 0. The molecule has 5 aromatic carbocycles. The van der Waals surface area contributed by atoms with Crippen LogP contribution in [0.3, 0.4) is 0 Å². The lowest BCUT2D eigenvalue weighted by molar-refractivity contribution is -0.719. The van der Waals surface area contributed by atoms with E-state index in [1.165, 1.54) is 143 Å². The normalized spacial score (nSPS) is 18.9. The van der Waals surface area contributed by atoms with Crippen LogP contribution in [0.15, 0.2) is 151 Å². The third kappa shape index (κ3) is 8.55. The Kier molecular flexibility index (Phi) is 11.9. The van der Waals surface area contributed by atoms with Gasteiger partial charge in [0, 0.05) is 51.2 Å². The highest BCUT2D eigenvalue weighted by Gasteiger charge is 2.44. The number of aromatic nitrogens is 2. The van der Waals surface area contributed by atoms with Crippen LogP contribution >= 0.6 is 0 Å². The standard InChI is InChI=1S/C65H70N2OSi/c1-44-36-59-54(52-24-14-15-25-53(52)61-41-51(39-47-22-12-7-13-23-47)63(43-67(59)61)69(2,3)4)32-33-55-58(60-40-49(34-35-66(44)60)38-46-20-10-6-11-21-46)42-57(64-56-26-16-17-27-62(56)68-65(55)64)50-30-28-48(29-31-50)37-45-18-8-5-9-19-45/h5,8-9,14-19,24-31,34-35,40-43,46-47,54,59H,1,6-7,10-13,20-23,32-33,36-39H2,2-4H3/q+2. The Bertz CT molecular complexity index is 3200. The molecule has 4 heteroatoms. The maximum Gasteiger partial charge on any atom is 0.218 e. The number of para-hydroxylation sites is 1. The zero-order valence-corrected chi connectivity index (χ0v) is 42.4. The van der Waals surface area contributed by atoms with Crippen LogP contribution in [0.25, 0.3) is 61.3 Å². The minimum absolute atomic E-state index is 0.227. The van der Waals surface area contributed by atoms with E-state index in [4.69, 9.17) is 11.0 Å². The van der Waals surface area contributed by atoms with Crippen molar-refractivity contribution in [3.8, 4) is 33.6 Å². The quantitative estimate of drug-likeness (QED) is 0.110. The maximum absolute atomic E-state index is 7.24. The smallest absolute Gasteiger partial charge is 0.218 e. The van der Waals surface area contributed by atoms with Crippen LogP contribution in [0.5, 0.6) is 0 Å². The Balaban J connectivity index is 1.04. The average Bonchev–Trinajstić information content (AvgIpc) is 3.76. The number of furan rings is 1. The topological polar surface area (TPSA) is 20.9 Å². The molecule has 0 saturated heterocycles. The van der Waals surface area contributed by atoms with Gasteiger partial charge in [0.2, 0.25) is 11.4 Å². The molecule has 69 heavy (non-hydrogen) atoms. The van der Waals surface area contributed by atoms with Crippen molar-refractivity contribution in [3.63, 3.8) is 0 Å². The van der Waals surface area contributed by atoms with Gasteiger partial charge in [-0.3, -0.25) is 0 Å². The Hall–Kier alpha value is -5.84. The molecule has 2 saturated carbocycles. The van der Waals surface area contributed by atoms with Crippen LogP contribution in [0.4, 0.5) is 0 Å². The predicted molar refractivity (Wildman–Crippen MR) is 290 cm³/mol. The van der Waals surface area contributed by atoms with Crippen molar-refractivity contribution in [2.24, 2.45) is 11.8 Å². The summed E-state index contributed by atoms with van der Waals surface area (Å²) in [6, 6.07) is 48.8. The molecule has 12 rings (SSSR count). The molecule has 2 aliphatic heterocycles. The molecular weight excluding hydrogens is 853 g/mol. The number of pyridine rings is 2. The molecule has 0 bridgehead atoms. The third-order valence-electron chi connectivity index (χ3n) is 17.0. The van der Waals surface area contributed by atoms with Gasteiger partial charge in [-0.05, 0) is 108 Å². The Labute approximate surface area is 412 Å². The van der Waals surface area contributed by atoms with E-state index >= 15 is 0 Å². The maximum atomic E-state index is 7.24. The monoisotopic (exact) mass is 923 g/mol. The number of nitrogens with zero attached hydrogens (tertiary/aromatic N) is 2. The molecule has 0 radical (unpaired) electrons. The zero-order valence-electron chi connectivity index (χ0n) is 41.4. The van der Waals surface area contributed by atoms with E-state index in [2.05, 4.69) is 169 Å². The van der Waals surface area contributed by atoms with E-state index in [1.807, 2.05) is 0 Å². The van der Waals surface area contributed by atoms with Crippen LogP contribution in [0.2, 0.25) is 19.6 Å². The van der Waals surface area contributed by atoms with Crippen molar-refractivity contribution in [1.82, 2.24) is 0 Å². The van der Waals surface area contributed by atoms with Gasteiger partial charge < -0.3 is 4.42 Å². The van der Waals surface area contributed by atoms with Gasteiger partial charge in [-0.15, -0.1) is 0 Å². The summed E-state index contributed by atoms with van der Waals surface area (Å²) in [6.45, 7) is 12.8. The molecule has 0 spiro atoms. The largest absolute Gasteiger partial charge is 0.456 e. The van der Waals surface area contributed by atoms with Gasteiger partial charge in [0.1, 0.15) is 11.2 Å². The van der Waals surface area contributed by atoms with Crippen LogP contribution in [0, 0.1) is 11.8 Å². The third-order valence-corrected chi connectivity index (χ3v) is 19.1. The fourth-order valence-corrected chi connectivity index (χ4v) is 15.2. The van der Waals surface area contributed by atoms with Crippen LogP contribution < -0.4 is 14.3 Å². The lowest BCUT2D eigenvalue weighted by Gasteiger charge is -2.33. The van der Waals surface area contributed by atoms with Crippen molar-refractivity contribution in [2.75, 3.05) is 0 Å². The number of benzene rings is 5. The number of hydrogen-bond acceptors (Lipinski definition) is 1. The molecular formula is C65H70N2OSi+2. The first-order chi connectivity index (χ1) is 33.7. The van der Waals surface area contributed by atoms with Crippen molar-refractivity contribution >= 4 is 40.9 Å². The first kappa shape index (κ1) is 44.4. The number of rotatable bonds is 8. The highest BCUT2D eigenvalue weighted by molar-refractivity contribution is 6.89. The summed E-state index contributed by atoms with van der Waals surface area (Å²) in [6.07, 6.45) is 24.8. The van der Waals surface area contributed by atoms with E-state index < -0.39 is 8.07 Å². The molecule has 3 nitrogen and oxygen atoms in total. The molecule has 4 aliphatic rings. The lowest BCUT2D eigenvalue weighted by Crippen LogP contribution is -2.54. The number of hydrogen-bond donors (Lipinski definition) is 0. The average molecular weight is 923 g/mol. The van der Waals surface area contributed by atoms with Gasteiger partial charge in [-0.1, -0.05) is 175 Å². The van der Waals surface area contributed by atoms with E-state index in [-0.39, 0.29) is 6.04 Å². The summed E-state index contributed by atoms with van der Waals surface area (Å²) in [5.41, 5.74) is 19.5. The summed E-state index contributed by atoms with van der Waals surface area (Å²) in [7, 11) is -1.72. The van der Waals surface area contributed by atoms with Gasteiger partial charge in [0.15, 0.2) is 24.1 Å². The minimum atomic E-state index is -1.72. The summed E-state index contributed by atoms with van der Waals surface area (Å²) in [5, 5.41) is 4.06. The Morgan fingerprint density at radius 3 is 2.09 bits per heavy atom. The highest BCUT2D eigenvalue weighted by Crippen LogP contribution is 2.48. The molecule has 0 amide bonds. The molecule has 2 aliphatic carbocycles. The zero-order chi connectivity index (χ0) is 46.6. The van der Waals surface area contributed by atoms with E-state index in [9.17, 15) is 0 Å². The van der Waals surface area contributed by atoms with Crippen LogP contribution in [-0.4, -0.2) is 8.07 Å².